The molecule has 0 fully saturated rings. The fraction of sp³-hybridized carbons (Fsp3) is 0.368. The second kappa shape index (κ2) is 7.49. The van der Waals surface area contributed by atoms with Crippen molar-refractivity contribution in [2.75, 3.05) is 19.8 Å². The number of fused-ring (bicyclic) bond motifs is 1. The Morgan fingerprint density at radius 1 is 1.22 bits per heavy atom. The van der Waals surface area contributed by atoms with Crippen molar-refractivity contribution in [2.24, 2.45) is 11.7 Å². The summed E-state index contributed by atoms with van der Waals surface area (Å²) in [5, 5.41) is 10.0. The predicted octanol–water partition coefficient (Wildman–Crippen LogP) is 2.70. The van der Waals surface area contributed by atoms with Crippen LogP contribution in [-0.2, 0) is 6.42 Å². The number of hydrogen-bond donors (Lipinski definition) is 2. The van der Waals surface area contributed by atoms with E-state index in [0.717, 1.165) is 23.5 Å². The maximum atomic E-state index is 10.0. The molecular weight excluding hydrogens is 290 g/mol. The summed E-state index contributed by atoms with van der Waals surface area (Å²) in [6.45, 7) is 1.74. The fourth-order valence-electron chi connectivity index (χ4n) is 2.85. The van der Waals surface area contributed by atoms with E-state index in [9.17, 15) is 5.11 Å². The first kappa shape index (κ1) is 15.8. The molecule has 2 aromatic rings. The van der Waals surface area contributed by atoms with Crippen LogP contribution in [-0.4, -0.2) is 24.9 Å². The molecule has 3 rings (SSSR count). The number of rotatable bonds is 6. The van der Waals surface area contributed by atoms with E-state index in [1.165, 1.54) is 5.56 Å². The quantitative estimate of drug-likeness (QED) is 0.860. The smallest absolute Gasteiger partial charge is 0.122 e. The molecule has 0 saturated heterocycles. The molecule has 0 saturated carbocycles. The second-order valence-electron chi connectivity index (χ2n) is 5.97. The average Bonchev–Trinajstić information content (AvgIpc) is 2.60. The lowest BCUT2D eigenvalue weighted by atomic mass is 9.97. The van der Waals surface area contributed by atoms with Crippen molar-refractivity contribution in [1.82, 2.24) is 0 Å². The van der Waals surface area contributed by atoms with Crippen LogP contribution in [0.2, 0.25) is 0 Å². The maximum absolute atomic E-state index is 10.0. The Balaban J connectivity index is 1.58. The van der Waals surface area contributed by atoms with Crippen LogP contribution >= 0.6 is 0 Å². The van der Waals surface area contributed by atoms with Gasteiger partial charge in [0.05, 0.1) is 19.3 Å². The summed E-state index contributed by atoms with van der Waals surface area (Å²) >= 11 is 0. The SMILES string of the molecule is NCC[C@@H](O)c1cccc(OCC2COc3ccccc3C2)c1. The van der Waals surface area contributed by atoms with Gasteiger partial charge >= 0.3 is 0 Å². The topological polar surface area (TPSA) is 64.7 Å². The zero-order valence-corrected chi connectivity index (χ0v) is 13.2. The summed E-state index contributed by atoms with van der Waals surface area (Å²) in [5.41, 5.74) is 7.58. The van der Waals surface area contributed by atoms with E-state index in [-0.39, 0.29) is 0 Å². The molecule has 4 heteroatoms. The van der Waals surface area contributed by atoms with Crippen LogP contribution in [0, 0.1) is 5.92 Å². The maximum Gasteiger partial charge on any atom is 0.122 e. The van der Waals surface area contributed by atoms with Crippen molar-refractivity contribution in [3.8, 4) is 11.5 Å². The minimum absolute atomic E-state index is 0.336. The van der Waals surface area contributed by atoms with Crippen LogP contribution in [0.3, 0.4) is 0 Å². The van der Waals surface area contributed by atoms with Gasteiger partial charge in [-0.05, 0) is 48.7 Å². The summed E-state index contributed by atoms with van der Waals surface area (Å²) in [6.07, 6.45) is 0.982. The van der Waals surface area contributed by atoms with Crippen LogP contribution < -0.4 is 15.2 Å². The second-order valence-corrected chi connectivity index (χ2v) is 5.97. The Labute approximate surface area is 136 Å². The zero-order valence-electron chi connectivity index (χ0n) is 13.2. The van der Waals surface area contributed by atoms with E-state index in [1.54, 1.807) is 0 Å². The lowest BCUT2D eigenvalue weighted by molar-refractivity contribution is 0.156. The van der Waals surface area contributed by atoms with Gasteiger partial charge < -0.3 is 20.3 Å². The molecule has 1 aliphatic rings. The van der Waals surface area contributed by atoms with Gasteiger partial charge in [0.2, 0.25) is 0 Å². The van der Waals surface area contributed by atoms with Crippen molar-refractivity contribution in [2.45, 2.75) is 18.9 Å². The van der Waals surface area contributed by atoms with E-state index < -0.39 is 6.10 Å². The molecule has 2 aromatic carbocycles. The van der Waals surface area contributed by atoms with Crippen LogP contribution in [0.25, 0.3) is 0 Å². The lowest BCUT2D eigenvalue weighted by Gasteiger charge is -2.25. The standard InChI is InChI=1S/C19H23NO3/c20-9-8-18(21)15-5-3-6-17(11-15)22-12-14-10-16-4-1-2-7-19(16)23-13-14/h1-7,11,14,18,21H,8-10,12-13,20H2/t14?,18-/m1/s1. The van der Waals surface area contributed by atoms with Crippen LogP contribution in [0.1, 0.15) is 23.7 Å². The van der Waals surface area contributed by atoms with Crippen LogP contribution in [0.5, 0.6) is 11.5 Å². The minimum atomic E-state index is -0.534. The van der Waals surface area contributed by atoms with Crippen LogP contribution in [0.4, 0.5) is 0 Å². The third-order valence-electron chi connectivity index (χ3n) is 4.12. The van der Waals surface area contributed by atoms with Gasteiger partial charge in [0.25, 0.3) is 0 Å². The molecule has 0 aromatic heterocycles. The molecule has 1 unspecified atom stereocenters. The number of aliphatic hydroxyl groups excluding tert-OH is 1. The summed E-state index contributed by atoms with van der Waals surface area (Å²) in [4.78, 5) is 0. The van der Waals surface area contributed by atoms with Gasteiger partial charge in [-0.1, -0.05) is 30.3 Å². The molecule has 4 nitrogen and oxygen atoms in total. The minimum Gasteiger partial charge on any atom is -0.493 e. The van der Waals surface area contributed by atoms with Crippen LogP contribution in [0.15, 0.2) is 48.5 Å². The van der Waals surface area contributed by atoms with Crippen molar-refractivity contribution in [3.05, 3.63) is 59.7 Å². The Morgan fingerprint density at radius 2 is 2.09 bits per heavy atom. The first-order chi connectivity index (χ1) is 11.3. The number of aliphatic hydroxyl groups is 1. The van der Waals surface area contributed by atoms with E-state index in [4.69, 9.17) is 15.2 Å². The van der Waals surface area contributed by atoms with E-state index >= 15 is 0 Å². The highest BCUT2D eigenvalue weighted by atomic mass is 16.5. The fourth-order valence-corrected chi connectivity index (χ4v) is 2.85. The zero-order chi connectivity index (χ0) is 16.1. The lowest BCUT2D eigenvalue weighted by Crippen LogP contribution is -2.26. The van der Waals surface area contributed by atoms with E-state index in [0.29, 0.717) is 32.1 Å². The molecular formula is C19H23NO3. The van der Waals surface area contributed by atoms with Gasteiger partial charge in [-0.15, -0.1) is 0 Å². The predicted molar refractivity (Wildman–Crippen MR) is 89.7 cm³/mol. The normalized spacial score (nSPS) is 17.9. The third kappa shape index (κ3) is 4.03. The third-order valence-corrected chi connectivity index (χ3v) is 4.12. The number of nitrogens with two attached hydrogens (primary N) is 1. The van der Waals surface area contributed by atoms with Gasteiger partial charge in [0, 0.05) is 5.92 Å². The molecule has 1 heterocycles. The summed E-state index contributed by atoms with van der Waals surface area (Å²) in [7, 11) is 0. The van der Waals surface area contributed by atoms with Gasteiger partial charge in [-0.3, -0.25) is 0 Å². The number of para-hydroxylation sites is 1. The Kier molecular flexibility index (Phi) is 5.16. The van der Waals surface area contributed by atoms with E-state index in [2.05, 4.69) is 6.07 Å². The molecule has 3 N–H and O–H groups in total. The largest absolute Gasteiger partial charge is 0.493 e. The number of benzene rings is 2. The highest BCUT2D eigenvalue weighted by Crippen LogP contribution is 2.27. The Hall–Kier alpha value is -2.04. The molecule has 1 aliphatic heterocycles. The highest BCUT2D eigenvalue weighted by Gasteiger charge is 2.20. The monoisotopic (exact) mass is 313 g/mol. The molecule has 0 aliphatic carbocycles. The number of ether oxygens (including phenoxy) is 2. The first-order valence-corrected chi connectivity index (χ1v) is 8.08. The first-order valence-electron chi connectivity index (χ1n) is 8.08. The average molecular weight is 313 g/mol. The van der Waals surface area contributed by atoms with Crippen molar-refractivity contribution in [1.29, 1.82) is 0 Å². The molecule has 0 radical (unpaired) electrons. The molecule has 0 spiro atoms. The molecule has 0 amide bonds. The molecule has 0 bridgehead atoms. The summed E-state index contributed by atoms with van der Waals surface area (Å²) < 4.78 is 11.7. The van der Waals surface area contributed by atoms with E-state index in [1.807, 2.05) is 42.5 Å². The molecule has 23 heavy (non-hydrogen) atoms. The van der Waals surface area contributed by atoms with Crippen molar-refractivity contribution < 1.29 is 14.6 Å². The highest BCUT2D eigenvalue weighted by molar-refractivity contribution is 5.35. The Morgan fingerprint density at radius 3 is 2.96 bits per heavy atom. The van der Waals surface area contributed by atoms with Gasteiger partial charge in [0.15, 0.2) is 0 Å². The Bertz CT molecular complexity index is 644. The molecule has 122 valence electrons. The van der Waals surface area contributed by atoms with Crippen molar-refractivity contribution >= 4 is 0 Å². The summed E-state index contributed by atoms with van der Waals surface area (Å²) in [5.74, 6) is 2.09. The molecule has 2 atom stereocenters. The van der Waals surface area contributed by atoms with Crippen molar-refractivity contribution in [3.63, 3.8) is 0 Å². The van der Waals surface area contributed by atoms with Gasteiger partial charge in [-0.2, -0.15) is 0 Å². The number of hydrogen-bond acceptors (Lipinski definition) is 4. The van der Waals surface area contributed by atoms with Gasteiger partial charge in [-0.25, -0.2) is 0 Å². The summed E-state index contributed by atoms with van der Waals surface area (Å²) in [6, 6.07) is 15.7. The van der Waals surface area contributed by atoms with Gasteiger partial charge in [0.1, 0.15) is 11.5 Å².